The van der Waals surface area contributed by atoms with E-state index < -0.39 is 10.0 Å². The number of nitrogens with two attached hydrogens (primary N) is 1. The molecular formula is C13H20N2O2S. The molecule has 2 rings (SSSR count). The zero-order valence-corrected chi connectivity index (χ0v) is 11.6. The minimum atomic E-state index is -3.46. The lowest BCUT2D eigenvalue weighted by Crippen LogP contribution is -2.40. The summed E-state index contributed by atoms with van der Waals surface area (Å²) in [6.07, 6.45) is 3.42. The van der Waals surface area contributed by atoms with Crippen molar-refractivity contribution >= 4 is 15.7 Å². The topological polar surface area (TPSA) is 72.2 Å². The van der Waals surface area contributed by atoms with Crippen molar-refractivity contribution in [1.82, 2.24) is 4.72 Å². The molecule has 1 atom stereocenters. The van der Waals surface area contributed by atoms with Gasteiger partial charge in [-0.2, -0.15) is 0 Å². The van der Waals surface area contributed by atoms with E-state index in [9.17, 15) is 8.42 Å². The van der Waals surface area contributed by atoms with Gasteiger partial charge in [0.05, 0.1) is 4.90 Å². The van der Waals surface area contributed by atoms with Crippen molar-refractivity contribution in [3.8, 4) is 0 Å². The zero-order valence-electron chi connectivity index (χ0n) is 10.8. The molecule has 0 bridgehead atoms. The molecule has 0 aromatic heterocycles. The molecule has 1 aliphatic carbocycles. The van der Waals surface area contributed by atoms with Gasteiger partial charge in [0.1, 0.15) is 0 Å². The van der Waals surface area contributed by atoms with Gasteiger partial charge in [-0.25, -0.2) is 13.1 Å². The van der Waals surface area contributed by atoms with Crippen LogP contribution in [0.25, 0.3) is 0 Å². The van der Waals surface area contributed by atoms with Crippen LogP contribution in [0.4, 0.5) is 5.69 Å². The quantitative estimate of drug-likeness (QED) is 0.821. The second kappa shape index (κ2) is 4.90. The fourth-order valence-corrected chi connectivity index (χ4v) is 3.73. The first-order chi connectivity index (χ1) is 8.38. The average molecular weight is 268 g/mol. The number of hydrogen-bond donors (Lipinski definition) is 2. The van der Waals surface area contributed by atoms with E-state index in [0.717, 1.165) is 18.4 Å². The van der Waals surface area contributed by atoms with Crippen molar-refractivity contribution in [3.05, 3.63) is 23.8 Å². The maximum Gasteiger partial charge on any atom is 0.240 e. The molecule has 1 aliphatic rings. The first-order valence-electron chi connectivity index (χ1n) is 6.28. The van der Waals surface area contributed by atoms with Crippen molar-refractivity contribution in [2.75, 3.05) is 5.73 Å². The fraction of sp³-hybridized carbons (Fsp3) is 0.538. The molecule has 100 valence electrons. The molecule has 0 heterocycles. The molecule has 1 unspecified atom stereocenters. The first-order valence-corrected chi connectivity index (χ1v) is 7.76. The van der Waals surface area contributed by atoms with Crippen LogP contribution < -0.4 is 10.5 Å². The Hall–Kier alpha value is -1.07. The number of benzene rings is 1. The molecule has 18 heavy (non-hydrogen) atoms. The number of anilines is 1. The maximum absolute atomic E-state index is 12.2. The van der Waals surface area contributed by atoms with Gasteiger partial charge in [-0.3, -0.25) is 0 Å². The van der Waals surface area contributed by atoms with E-state index in [1.54, 1.807) is 12.1 Å². The second-order valence-corrected chi connectivity index (χ2v) is 6.89. The van der Waals surface area contributed by atoms with Gasteiger partial charge in [0.2, 0.25) is 10.0 Å². The number of aryl methyl sites for hydroxylation is 1. The second-order valence-electron chi connectivity index (χ2n) is 5.18. The van der Waals surface area contributed by atoms with Crippen molar-refractivity contribution in [1.29, 1.82) is 0 Å². The number of nitrogen functional groups attached to an aromatic ring is 1. The van der Waals surface area contributed by atoms with Crippen LogP contribution >= 0.6 is 0 Å². The van der Waals surface area contributed by atoms with Crippen molar-refractivity contribution in [3.63, 3.8) is 0 Å². The lowest BCUT2D eigenvalue weighted by atomic mass is 9.81. The van der Waals surface area contributed by atoms with Crippen LogP contribution in [0.5, 0.6) is 0 Å². The Morgan fingerprint density at radius 3 is 2.50 bits per heavy atom. The van der Waals surface area contributed by atoms with Gasteiger partial charge in [-0.1, -0.05) is 6.42 Å². The largest absolute Gasteiger partial charge is 0.399 e. The van der Waals surface area contributed by atoms with Crippen LogP contribution in [0.2, 0.25) is 0 Å². The molecule has 1 fully saturated rings. The molecule has 1 saturated carbocycles. The monoisotopic (exact) mass is 268 g/mol. The lowest BCUT2D eigenvalue weighted by Gasteiger charge is -2.31. The molecule has 1 aromatic carbocycles. The predicted molar refractivity (Wildman–Crippen MR) is 72.7 cm³/mol. The maximum atomic E-state index is 12.2. The van der Waals surface area contributed by atoms with E-state index in [4.69, 9.17) is 5.73 Å². The molecule has 0 amide bonds. The van der Waals surface area contributed by atoms with E-state index in [2.05, 4.69) is 4.72 Å². The van der Waals surface area contributed by atoms with Crippen molar-refractivity contribution in [2.45, 2.75) is 44.0 Å². The summed E-state index contributed by atoms with van der Waals surface area (Å²) in [6, 6.07) is 4.90. The Morgan fingerprint density at radius 2 is 2.00 bits per heavy atom. The standard InChI is InChI=1S/C13H20N2O2S/c1-9-6-12(14)8-13(7-9)18(16,17)15-10(2)11-4-3-5-11/h6-8,10-11,15H,3-5,14H2,1-2H3. The first kappa shape index (κ1) is 13.4. The summed E-state index contributed by atoms with van der Waals surface area (Å²) in [7, 11) is -3.46. The molecule has 0 aliphatic heterocycles. The van der Waals surface area contributed by atoms with Gasteiger partial charge < -0.3 is 5.73 Å². The van der Waals surface area contributed by atoms with Crippen LogP contribution in [0.15, 0.2) is 23.1 Å². The fourth-order valence-electron chi connectivity index (χ4n) is 2.28. The van der Waals surface area contributed by atoms with Gasteiger partial charge in [0.25, 0.3) is 0 Å². The van der Waals surface area contributed by atoms with Gasteiger partial charge in [0.15, 0.2) is 0 Å². The van der Waals surface area contributed by atoms with Crippen LogP contribution in [-0.4, -0.2) is 14.5 Å². The number of rotatable bonds is 4. The Kier molecular flexibility index (Phi) is 3.64. The molecule has 4 nitrogen and oxygen atoms in total. The van der Waals surface area contributed by atoms with E-state index in [1.165, 1.54) is 12.5 Å². The Balaban J connectivity index is 2.19. The smallest absolute Gasteiger partial charge is 0.240 e. The number of hydrogen-bond acceptors (Lipinski definition) is 3. The summed E-state index contributed by atoms with van der Waals surface area (Å²) in [6.45, 7) is 3.77. The Labute approximate surface area is 109 Å². The summed E-state index contributed by atoms with van der Waals surface area (Å²) in [5, 5.41) is 0. The average Bonchev–Trinajstić information content (AvgIpc) is 2.11. The zero-order chi connectivity index (χ0) is 13.3. The van der Waals surface area contributed by atoms with E-state index in [0.29, 0.717) is 11.6 Å². The van der Waals surface area contributed by atoms with Gasteiger partial charge in [-0.15, -0.1) is 0 Å². The van der Waals surface area contributed by atoms with Crippen molar-refractivity contribution in [2.24, 2.45) is 5.92 Å². The molecule has 0 radical (unpaired) electrons. The third-order valence-corrected chi connectivity index (χ3v) is 5.12. The van der Waals surface area contributed by atoms with Crippen LogP contribution in [0.3, 0.4) is 0 Å². The molecular weight excluding hydrogens is 248 g/mol. The van der Waals surface area contributed by atoms with Gasteiger partial charge in [-0.05, 0) is 56.4 Å². The van der Waals surface area contributed by atoms with Gasteiger partial charge >= 0.3 is 0 Å². The highest BCUT2D eigenvalue weighted by Gasteiger charge is 2.27. The molecule has 0 spiro atoms. The predicted octanol–water partition coefficient (Wildman–Crippen LogP) is 2.04. The minimum Gasteiger partial charge on any atom is -0.399 e. The Bertz CT molecular complexity index is 516. The SMILES string of the molecule is Cc1cc(N)cc(S(=O)(=O)NC(C)C2CCC2)c1. The number of sulfonamides is 1. The van der Waals surface area contributed by atoms with Crippen molar-refractivity contribution < 1.29 is 8.42 Å². The summed E-state index contributed by atoms with van der Waals surface area (Å²) in [5.41, 5.74) is 7.02. The summed E-state index contributed by atoms with van der Waals surface area (Å²) in [4.78, 5) is 0.256. The van der Waals surface area contributed by atoms with Crippen LogP contribution in [0, 0.1) is 12.8 Å². The minimum absolute atomic E-state index is 0.00881. The Morgan fingerprint density at radius 1 is 1.33 bits per heavy atom. The third kappa shape index (κ3) is 2.84. The number of nitrogens with one attached hydrogen (secondary N) is 1. The molecule has 0 saturated heterocycles. The van der Waals surface area contributed by atoms with Crippen LogP contribution in [-0.2, 0) is 10.0 Å². The van der Waals surface area contributed by atoms with Gasteiger partial charge in [0, 0.05) is 11.7 Å². The molecule has 1 aromatic rings. The molecule has 5 heteroatoms. The lowest BCUT2D eigenvalue weighted by molar-refractivity contribution is 0.260. The third-order valence-electron chi connectivity index (χ3n) is 3.58. The summed E-state index contributed by atoms with van der Waals surface area (Å²) in [5.74, 6) is 0.474. The summed E-state index contributed by atoms with van der Waals surface area (Å²) < 4.78 is 27.2. The highest BCUT2D eigenvalue weighted by Crippen LogP contribution is 2.30. The van der Waals surface area contributed by atoms with E-state index in [-0.39, 0.29) is 10.9 Å². The highest BCUT2D eigenvalue weighted by atomic mass is 32.2. The summed E-state index contributed by atoms with van der Waals surface area (Å²) >= 11 is 0. The van der Waals surface area contributed by atoms with Crippen LogP contribution in [0.1, 0.15) is 31.7 Å². The molecule has 3 N–H and O–H groups in total. The van der Waals surface area contributed by atoms with E-state index in [1.807, 2.05) is 13.8 Å². The highest BCUT2D eigenvalue weighted by molar-refractivity contribution is 7.89. The van der Waals surface area contributed by atoms with E-state index >= 15 is 0 Å². The normalized spacial score (nSPS) is 18.3.